The minimum atomic E-state index is -1.22. The van der Waals surface area contributed by atoms with E-state index in [-0.39, 0.29) is 68.7 Å². The molecule has 0 aromatic carbocycles. The maximum Gasteiger partial charge on any atom is 0.226 e. The molecular formula is C40H71N7O10. The van der Waals surface area contributed by atoms with Crippen LogP contribution in [0.5, 0.6) is 0 Å². The lowest BCUT2D eigenvalue weighted by Gasteiger charge is -2.25. The van der Waals surface area contributed by atoms with E-state index >= 15 is 0 Å². The number of hydrogen-bond donors (Lipinski definition) is 8. The van der Waals surface area contributed by atoms with Crippen molar-refractivity contribution < 1.29 is 48.3 Å². The highest BCUT2D eigenvalue weighted by Crippen LogP contribution is 2.19. The lowest BCUT2D eigenvalue weighted by atomic mass is 9.89. The second kappa shape index (κ2) is 31.1. The Morgan fingerprint density at radius 3 is 1.54 bits per heavy atom. The Labute approximate surface area is 337 Å². The second-order valence-electron chi connectivity index (χ2n) is 14.8. The molecule has 0 spiro atoms. The number of carbonyl (C=O) groups is 9. The Bertz CT molecular complexity index is 1310. The maximum atomic E-state index is 13.9. The topological polar surface area (TPSA) is 300 Å². The zero-order valence-corrected chi connectivity index (χ0v) is 34.7. The molecule has 17 heteroatoms. The number of unbranched alkanes of at least 4 members (excludes halogenated alkanes) is 3. The summed E-state index contributed by atoms with van der Waals surface area (Å²) in [6.45, 7) is 6.46. The summed E-state index contributed by atoms with van der Waals surface area (Å²) in [5.74, 6) is -6.76. The van der Waals surface area contributed by atoms with E-state index in [0.717, 1.165) is 0 Å². The SMILES string of the molecule is CCC(=O)CCC(=O)NCC(=O)C[C@@H](CO)C(=O)N[C@H](CCCCN)C(=O)C[C@@H](CCCCN)C(=O)N[C@H](CCCCN)C(=O)C[C@@H](C)C(=O)N[C@H](C)C(=O)CC. The van der Waals surface area contributed by atoms with Gasteiger partial charge in [0.15, 0.2) is 23.1 Å². The molecule has 0 aliphatic rings. The number of Topliss-reactive ketones (excluding diaryl/α,β-unsaturated/α-hetero) is 5. The van der Waals surface area contributed by atoms with Gasteiger partial charge in [-0.1, -0.05) is 27.2 Å². The number of aliphatic hydroxyl groups excluding tert-OH is 1. The van der Waals surface area contributed by atoms with Crippen LogP contribution >= 0.6 is 0 Å². The number of aliphatic hydroxyl groups is 1. The number of ketones is 5. The molecule has 0 aliphatic carbocycles. The number of rotatable bonds is 35. The maximum absolute atomic E-state index is 13.9. The highest BCUT2D eigenvalue weighted by molar-refractivity contribution is 5.97. The fourth-order valence-electron chi connectivity index (χ4n) is 6.02. The molecule has 17 nitrogen and oxygen atoms in total. The molecule has 0 saturated carbocycles. The van der Waals surface area contributed by atoms with Gasteiger partial charge in [0.05, 0.1) is 37.2 Å². The van der Waals surface area contributed by atoms with Crippen LogP contribution in [0, 0.1) is 17.8 Å². The van der Waals surface area contributed by atoms with Gasteiger partial charge in [-0.25, -0.2) is 0 Å². The van der Waals surface area contributed by atoms with Gasteiger partial charge in [0, 0.05) is 56.8 Å². The van der Waals surface area contributed by atoms with E-state index in [1.165, 1.54) is 0 Å². The first kappa shape index (κ1) is 53.1. The lowest BCUT2D eigenvalue weighted by molar-refractivity contribution is -0.136. The number of nitrogens with one attached hydrogen (secondary N) is 4. The van der Waals surface area contributed by atoms with Crippen molar-refractivity contribution >= 4 is 52.5 Å². The van der Waals surface area contributed by atoms with Crippen molar-refractivity contribution in [2.45, 2.75) is 149 Å². The van der Waals surface area contributed by atoms with Crippen LogP contribution in [0.1, 0.15) is 130 Å². The first-order valence-corrected chi connectivity index (χ1v) is 20.6. The first-order chi connectivity index (χ1) is 27.1. The highest BCUT2D eigenvalue weighted by Gasteiger charge is 2.32. The standard InChI is InChI=1S/C40H71N7O10/c1-5-30(49)16-17-37(54)44-24-31(50)22-29(25-48)40(57)47-33(15-9-12-20-43)36(53)23-28(13-7-10-18-41)39(56)46-32(14-8-11-19-42)35(52)21-26(3)38(55)45-27(4)34(51)6-2/h26-29,32-33,48H,5-25,41-43H2,1-4H3,(H,44,54)(H,45,55)(H,46,56)(H,47,57)/t26-,27-,28-,29+,32-,33-/m1/s1. The van der Waals surface area contributed by atoms with E-state index in [1.807, 2.05) is 0 Å². The minimum Gasteiger partial charge on any atom is -0.396 e. The molecule has 0 heterocycles. The summed E-state index contributed by atoms with van der Waals surface area (Å²) in [6.07, 6.45) is 3.49. The molecule has 0 aromatic heterocycles. The molecule has 0 aliphatic heterocycles. The number of carbonyl (C=O) groups excluding carboxylic acids is 9. The van der Waals surface area contributed by atoms with Crippen LogP contribution in [0.3, 0.4) is 0 Å². The van der Waals surface area contributed by atoms with Gasteiger partial charge >= 0.3 is 0 Å². The van der Waals surface area contributed by atoms with Crippen molar-refractivity contribution in [3.63, 3.8) is 0 Å². The Morgan fingerprint density at radius 2 is 1.05 bits per heavy atom. The summed E-state index contributed by atoms with van der Waals surface area (Å²) in [7, 11) is 0. The van der Waals surface area contributed by atoms with Crippen LogP contribution in [0.4, 0.5) is 0 Å². The Morgan fingerprint density at radius 1 is 0.544 bits per heavy atom. The summed E-state index contributed by atoms with van der Waals surface area (Å²) in [5, 5.41) is 20.5. The minimum absolute atomic E-state index is 0.0453. The third-order valence-electron chi connectivity index (χ3n) is 9.85. The van der Waals surface area contributed by atoms with Crippen molar-refractivity contribution in [3.05, 3.63) is 0 Å². The normalized spacial score (nSPS) is 14.2. The molecule has 326 valence electrons. The quantitative estimate of drug-likeness (QED) is 0.0404. The lowest BCUT2D eigenvalue weighted by Crippen LogP contribution is -2.48. The largest absolute Gasteiger partial charge is 0.396 e. The summed E-state index contributed by atoms with van der Waals surface area (Å²) in [6, 6.07) is -2.74. The predicted octanol–water partition coefficient (Wildman–Crippen LogP) is 0.441. The molecule has 0 bridgehead atoms. The van der Waals surface area contributed by atoms with Crippen LogP contribution in [0.15, 0.2) is 0 Å². The van der Waals surface area contributed by atoms with Gasteiger partial charge in [0.25, 0.3) is 0 Å². The molecule has 0 fully saturated rings. The highest BCUT2D eigenvalue weighted by atomic mass is 16.3. The van der Waals surface area contributed by atoms with E-state index < -0.39 is 90.6 Å². The first-order valence-electron chi connectivity index (χ1n) is 20.6. The van der Waals surface area contributed by atoms with Crippen molar-refractivity contribution in [2.24, 2.45) is 35.0 Å². The van der Waals surface area contributed by atoms with Gasteiger partial charge in [-0.2, -0.15) is 0 Å². The van der Waals surface area contributed by atoms with Crippen LogP contribution in [-0.4, -0.2) is 109 Å². The van der Waals surface area contributed by atoms with Crippen molar-refractivity contribution in [1.82, 2.24) is 21.3 Å². The number of nitrogens with two attached hydrogens (primary N) is 3. The average Bonchev–Trinajstić information content (AvgIpc) is 3.19. The van der Waals surface area contributed by atoms with E-state index in [0.29, 0.717) is 64.6 Å². The third kappa shape index (κ3) is 23.2. The van der Waals surface area contributed by atoms with Crippen LogP contribution in [-0.2, 0) is 43.2 Å². The van der Waals surface area contributed by atoms with E-state index in [9.17, 15) is 48.3 Å². The molecule has 0 aromatic rings. The number of hydrogen-bond acceptors (Lipinski definition) is 13. The predicted molar refractivity (Wildman–Crippen MR) is 215 cm³/mol. The smallest absolute Gasteiger partial charge is 0.226 e. The molecule has 6 atom stereocenters. The third-order valence-corrected chi connectivity index (χ3v) is 9.85. The van der Waals surface area contributed by atoms with Crippen molar-refractivity contribution in [3.8, 4) is 0 Å². The zero-order chi connectivity index (χ0) is 43.3. The van der Waals surface area contributed by atoms with Crippen molar-refractivity contribution in [2.75, 3.05) is 32.8 Å². The Hall–Kier alpha value is -3.93. The number of amides is 4. The molecule has 0 unspecified atom stereocenters. The van der Waals surface area contributed by atoms with E-state index in [4.69, 9.17) is 17.2 Å². The zero-order valence-electron chi connectivity index (χ0n) is 34.7. The molecule has 0 saturated heterocycles. The average molecular weight is 810 g/mol. The van der Waals surface area contributed by atoms with Crippen LogP contribution in [0.25, 0.3) is 0 Å². The van der Waals surface area contributed by atoms with Crippen molar-refractivity contribution in [1.29, 1.82) is 0 Å². The van der Waals surface area contributed by atoms with Gasteiger partial charge in [-0.05, 0) is 77.9 Å². The Balaban J connectivity index is 5.96. The molecule has 57 heavy (non-hydrogen) atoms. The monoisotopic (exact) mass is 810 g/mol. The van der Waals surface area contributed by atoms with Crippen LogP contribution in [0.2, 0.25) is 0 Å². The van der Waals surface area contributed by atoms with E-state index in [1.54, 1.807) is 27.7 Å². The van der Waals surface area contributed by atoms with Gasteiger partial charge in [-0.3, -0.25) is 43.2 Å². The molecule has 0 rings (SSSR count). The van der Waals surface area contributed by atoms with Gasteiger partial charge < -0.3 is 43.6 Å². The fourth-order valence-corrected chi connectivity index (χ4v) is 6.02. The molecule has 4 amide bonds. The van der Waals surface area contributed by atoms with E-state index in [2.05, 4.69) is 21.3 Å². The van der Waals surface area contributed by atoms with Gasteiger partial charge in [-0.15, -0.1) is 0 Å². The summed E-state index contributed by atoms with van der Waals surface area (Å²) < 4.78 is 0. The second-order valence-corrected chi connectivity index (χ2v) is 14.8. The molecule has 0 radical (unpaired) electrons. The summed E-state index contributed by atoms with van der Waals surface area (Å²) >= 11 is 0. The summed E-state index contributed by atoms with van der Waals surface area (Å²) in [5.41, 5.74) is 17.1. The summed E-state index contributed by atoms with van der Waals surface area (Å²) in [4.78, 5) is 115. The molecular weight excluding hydrogens is 738 g/mol. The Kier molecular flexibility index (Phi) is 29.0. The fraction of sp³-hybridized carbons (Fsp3) is 0.775. The van der Waals surface area contributed by atoms with Gasteiger partial charge in [0.1, 0.15) is 5.78 Å². The van der Waals surface area contributed by atoms with Gasteiger partial charge in [0.2, 0.25) is 23.6 Å². The van der Waals surface area contributed by atoms with Crippen LogP contribution < -0.4 is 38.5 Å². The molecule has 11 N–H and O–H groups in total.